The van der Waals surface area contributed by atoms with Crippen LogP contribution in [0.2, 0.25) is 0 Å². The van der Waals surface area contributed by atoms with Crippen LogP contribution in [0.15, 0.2) is 29.3 Å². The molecule has 0 saturated heterocycles. The summed E-state index contributed by atoms with van der Waals surface area (Å²) < 4.78 is 0. The third-order valence-corrected chi connectivity index (χ3v) is 5.27. The number of nitrogens with zero attached hydrogens (tertiary/aromatic N) is 3. The SMILES string of the molecule is CN=C(NCc1cccc(C(=O)NCCN(C)C)c1)NCc1nc(C)c(C)s1.I. The molecule has 0 saturated carbocycles. The maximum Gasteiger partial charge on any atom is 0.251 e. The minimum Gasteiger partial charge on any atom is -0.352 e. The van der Waals surface area contributed by atoms with E-state index in [4.69, 9.17) is 0 Å². The molecule has 3 N–H and O–H groups in total. The lowest BCUT2D eigenvalue weighted by atomic mass is 10.1. The fourth-order valence-electron chi connectivity index (χ4n) is 2.50. The zero-order valence-corrected chi connectivity index (χ0v) is 20.9. The Morgan fingerprint density at radius 3 is 2.52 bits per heavy atom. The average Bonchev–Trinajstić information content (AvgIpc) is 2.99. The molecule has 29 heavy (non-hydrogen) atoms. The van der Waals surface area contributed by atoms with Crippen molar-refractivity contribution >= 4 is 47.2 Å². The predicted molar refractivity (Wildman–Crippen MR) is 131 cm³/mol. The highest BCUT2D eigenvalue weighted by molar-refractivity contribution is 14.0. The van der Waals surface area contributed by atoms with E-state index in [-0.39, 0.29) is 29.9 Å². The summed E-state index contributed by atoms with van der Waals surface area (Å²) in [5.41, 5.74) is 2.75. The number of aromatic nitrogens is 1. The molecule has 0 bridgehead atoms. The summed E-state index contributed by atoms with van der Waals surface area (Å²) in [6, 6.07) is 7.62. The molecular weight excluding hydrogens is 499 g/mol. The third kappa shape index (κ3) is 8.67. The number of guanidine groups is 1. The zero-order valence-electron chi connectivity index (χ0n) is 17.7. The Hall–Kier alpha value is -1.72. The average molecular weight is 530 g/mol. The van der Waals surface area contributed by atoms with Crippen molar-refractivity contribution in [2.24, 2.45) is 4.99 Å². The van der Waals surface area contributed by atoms with Crippen molar-refractivity contribution in [2.75, 3.05) is 34.2 Å². The molecule has 0 aliphatic heterocycles. The van der Waals surface area contributed by atoms with Gasteiger partial charge in [-0.3, -0.25) is 9.79 Å². The number of aryl methyl sites for hydroxylation is 2. The molecular formula is C20H31IN6OS. The summed E-state index contributed by atoms with van der Waals surface area (Å²) in [6.07, 6.45) is 0. The van der Waals surface area contributed by atoms with E-state index in [1.54, 1.807) is 18.4 Å². The van der Waals surface area contributed by atoms with E-state index in [0.717, 1.165) is 22.8 Å². The van der Waals surface area contributed by atoms with Gasteiger partial charge in [0, 0.05) is 37.1 Å². The van der Waals surface area contributed by atoms with Gasteiger partial charge in [-0.05, 0) is 45.6 Å². The fourth-order valence-corrected chi connectivity index (χ4v) is 3.37. The zero-order chi connectivity index (χ0) is 20.5. The highest BCUT2D eigenvalue weighted by atomic mass is 127. The standard InChI is InChI=1S/C20H30N6OS.HI/c1-14-15(2)28-18(25-14)13-24-20(21-3)23-12-16-7-6-8-17(11-16)19(27)22-9-10-26(4)5;/h6-8,11H,9-10,12-13H2,1-5H3,(H,22,27)(H2,21,23,24);1H. The number of halogens is 1. The van der Waals surface area contributed by atoms with Crippen LogP contribution in [-0.4, -0.2) is 56.0 Å². The Balaban J connectivity index is 0.00000420. The molecule has 2 rings (SSSR count). The van der Waals surface area contributed by atoms with Crippen molar-refractivity contribution in [1.82, 2.24) is 25.8 Å². The molecule has 2 aromatic rings. The topological polar surface area (TPSA) is 81.7 Å². The molecule has 1 heterocycles. The molecule has 1 aromatic heterocycles. The van der Waals surface area contributed by atoms with Crippen LogP contribution >= 0.6 is 35.3 Å². The first kappa shape index (κ1) is 25.3. The van der Waals surface area contributed by atoms with Crippen molar-refractivity contribution in [1.29, 1.82) is 0 Å². The van der Waals surface area contributed by atoms with E-state index < -0.39 is 0 Å². The Morgan fingerprint density at radius 1 is 1.17 bits per heavy atom. The Bertz CT molecular complexity index is 802. The summed E-state index contributed by atoms with van der Waals surface area (Å²) in [5, 5.41) is 10.5. The lowest BCUT2D eigenvalue weighted by molar-refractivity contribution is 0.0951. The van der Waals surface area contributed by atoms with Crippen molar-refractivity contribution < 1.29 is 4.79 Å². The van der Waals surface area contributed by atoms with Crippen LogP contribution in [0.5, 0.6) is 0 Å². The van der Waals surface area contributed by atoms with Crippen LogP contribution < -0.4 is 16.0 Å². The third-order valence-electron chi connectivity index (χ3n) is 4.20. The van der Waals surface area contributed by atoms with Gasteiger partial charge in [0.25, 0.3) is 5.91 Å². The fraction of sp³-hybridized carbons (Fsp3) is 0.450. The van der Waals surface area contributed by atoms with Gasteiger partial charge < -0.3 is 20.9 Å². The van der Waals surface area contributed by atoms with Crippen molar-refractivity contribution in [3.05, 3.63) is 51.0 Å². The van der Waals surface area contributed by atoms with Crippen LogP contribution in [0.3, 0.4) is 0 Å². The second-order valence-electron chi connectivity index (χ2n) is 6.79. The van der Waals surface area contributed by atoms with Crippen LogP contribution in [0.4, 0.5) is 0 Å². The van der Waals surface area contributed by atoms with Gasteiger partial charge in [0.15, 0.2) is 5.96 Å². The van der Waals surface area contributed by atoms with E-state index in [2.05, 4.69) is 32.9 Å². The van der Waals surface area contributed by atoms with E-state index in [1.807, 2.05) is 50.2 Å². The molecule has 7 nitrogen and oxygen atoms in total. The molecule has 1 amide bonds. The van der Waals surface area contributed by atoms with Crippen molar-refractivity contribution in [2.45, 2.75) is 26.9 Å². The first-order chi connectivity index (χ1) is 13.4. The monoisotopic (exact) mass is 530 g/mol. The predicted octanol–water partition coefficient (Wildman–Crippen LogP) is 2.53. The van der Waals surface area contributed by atoms with Crippen molar-refractivity contribution in [3.63, 3.8) is 0 Å². The quantitative estimate of drug-likeness (QED) is 0.278. The lowest BCUT2D eigenvalue weighted by Gasteiger charge is -2.12. The van der Waals surface area contributed by atoms with Gasteiger partial charge in [-0.1, -0.05) is 12.1 Å². The highest BCUT2D eigenvalue weighted by Crippen LogP contribution is 2.15. The first-order valence-electron chi connectivity index (χ1n) is 9.28. The first-order valence-corrected chi connectivity index (χ1v) is 10.1. The second-order valence-corrected chi connectivity index (χ2v) is 8.08. The summed E-state index contributed by atoms with van der Waals surface area (Å²) in [4.78, 5) is 24.3. The van der Waals surface area contributed by atoms with E-state index in [1.165, 1.54) is 4.88 Å². The second kappa shape index (κ2) is 12.8. The molecule has 9 heteroatoms. The minimum absolute atomic E-state index is 0. The van der Waals surface area contributed by atoms with Gasteiger partial charge in [0.05, 0.1) is 12.2 Å². The molecule has 0 radical (unpaired) electrons. The Morgan fingerprint density at radius 2 is 1.90 bits per heavy atom. The van der Waals surface area contributed by atoms with Crippen LogP contribution in [0.25, 0.3) is 0 Å². The van der Waals surface area contributed by atoms with Gasteiger partial charge in [0.1, 0.15) is 5.01 Å². The maximum absolute atomic E-state index is 12.3. The normalized spacial score (nSPS) is 11.2. The largest absolute Gasteiger partial charge is 0.352 e. The van der Waals surface area contributed by atoms with Gasteiger partial charge >= 0.3 is 0 Å². The van der Waals surface area contributed by atoms with E-state index in [0.29, 0.717) is 31.2 Å². The summed E-state index contributed by atoms with van der Waals surface area (Å²) in [7, 11) is 5.70. The minimum atomic E-state index is -0.0549. The summed E-state index contributed by atoms with van der Waals surface area (Å²) in [5.74, 6) is 0.645. The number of likely N-dealkylation sites (N-methyl/N-ethyl adjacent to an activating group) is 1. The van der Waals surface area contributed by atoms with E-state index >= 15 is 0 Å². The Labute approximate surface area is 194 Å². The number of nitrogens with one attached hydrogen (secondary N) is 3. The van der Waals surface area contributed by atoms with Gasteiger partial charge in [-0.15, -0.1) is 35.3 Å². The molecule has 0 atom stereocenters. The number of carbonyl (C=O) groups excluding carboxylic acids is 1. The molecule has 0 aliphatic carbocycles. The molecule has 0 aliphatic rings. The number of carbonyl (C=O) groups is 1. The lowest BCUT2D eigenvalue weighted by Crippen LogP contribution is -2.36. The van der Waals surface area contributed by atoms with Crippen LogP contribution in [0.1, 0.15) is 31.5 Å². The molecule has 0 spiro atoms. The number of aliphatic imine (C=N–C) groups is 1. The number of amides is 1. The van der Waals surface area contributed by atoms with Gasteiger partial charge in [0.2, 0.25) is 0 Å². The molecule has 1 aromatic carbocycles. The number of thiazole rings is 1. The smallest absolute Gasteiger partial charge is 0.251 e. The molecule has 160 valence electrons. The van der Waals surface area contributed by atoms with Gasteiger partial charge in [-0.2, -0.15) is 0 Å². The number of hydrogen-bond acceptors (Lipinski definition) is 5. The summed E-state index contributed by atoms with van der Waals surface area (Å²) >= 11 is 1.69. The number of rotatable bonds is 8. The Kier molecular flexibility index (Phi) is 11.1. The maximum atomic E-state index is 12.3. The van der Waals surface area contributed by atoms with Crippen LogP contribution in [-0.2, 0) is 13.1 Å². The van der Waals surface area contributed by atoms with Crippen molar-refractivity contribution in [3.8, 4) is 0 Å². The molecule has 0 unspecified atom stereocenters. The number of benzene rings is 1. The number of hydrogen-bond donors (Lipinski definition) is 3. The molecule has 0 fully saturated rings. The van der Waals surface area contributed by atoms with Gasteiger partial charge in [-0.25, -0.2) is 4.98 Å². The van der Waals surface area contributed by atoms with Crippen LogP contribution in [0, 0.1) is 13.8 Å². The van der Waals surface area contributed by atoms with E-state index in [9.17, 15) is 4.79 Å². The summed E-state index contributed by atoms with van der Waals surface area (Å²) in [6.45, 7) is 6.74. The highest BCUT2D eigenvalue weighted by Gasteiger charge is 2.07.